The van der Waals surface area contributed by atoms with E-state index in [-0.39, 0.29) is 33.7 Å². The van der Waals surface area contributed by atoms with E-state index < -0.39 is 15.7 Å². The fourth-order valence-electron chi connectivity index (χ4n) is 3.31. The summed E-state index contributed by atoms with van der Waals surface area (Å²) in [6.07, 6.45) is 4.99. The molecule has 6 nitrogen and oxygen atoms in total. The van der Waals surface area contributed by atoms with Crippen LogP contribution in [0.3, 0.4) is 0 Å². The molecule has 1 aliphatic rings. The Hall–Kier alpha value is -2.06. The number of sulfone groups is 1. The maximum Gasteiger partial charge on any atom is 0.227 e. The second-order valence-electron chi connectivity index (χ2n) is 6.60. The Labute approximate surface area is 162 Å². The number of likely N-dealkylation sites (tertiary alicyclic amines) is 1. The van der Waals surface area contributed by atoms with Gasteiger partial charge >= 0.3 is 0 Å². The van der Waals surface area contributed by atoms with Crippen molar-refractivity contribution in [3.63, 3.8) is 0 Å². The van der Waals surface area contributed by atoms with E-state index in [0.29, 0.717) is 31.6 Å². The van der Waals surface area contributed by atoms with Gasteiger partial charge in [0.15, 0.2) is 9.84 Å². The van der Waals surface area contributed by atoms with Crippen LogP contribution < -0.4 is 0 Å². The van der Waals surface area contributed by atoms with Gasteiger partial charge in [-0.15, -0.1) is 0 Å². The van der Waals surface area contributed by atoms with Gasteiger partial charge in [0.2, 0.25) is 5.91 Å². The first-order valence-corrected chi connectivity index (χ1v) is 10.7. The Morgan fingerprint density at radius 3 is 2.89 bits per heavy atom. The molecule has 0 saturated carbocycles. The Bertz CT molecular complexity index is 948. The van der Waals surface area contributed by atoms with Crippen LogP contribution in [-0.4, -0.2) is 48.5 Å². The van der Waals surface area contributed by atoms with Crippen LogP contribution in [0.5, 0.6) is 0 Å². The summed E-state index contributed by atoms with van der Waals surface area (Å²) in [5.74, 6) is -0.979. The minimum absolute atomic E-state index is 0.0847. The highest BCUT2D eigenvalue weighted by Gasteiger charge is 2.30. The van der Waals surface area contributed by atoms with Gasteiger partial charge in [0.1, 0.15) is 17.0 Å². The molecule has 1 aliphatic heterocycles. The number of carbonyl (C=O) groups excluding carboxylic acids is 1. The Balaban J connectivity index is 1.80. The van der Waals surface area contributed by atoms with Crippen LogP contribution in [0.15, 0.2) is 35.6 Å². The molecule has 27 heavy (non-hydrogen) atoms. The van der Waals surface area contributed by atoms with E-state index in [9.17, 15) is 17.6 Å². The molecule has 0 aliphatic carbocycles. The maximum atomic E-state index is 14.0. The smallest absolute Gasteiger partial charge is 0.227 e. The monoisotopic (exact) mass is 411 g/mol. The van der Waals surface area contributed by atoms with Gasteiger partial charge in [-0.05, 0) is 25.0 Å². The molecule has 0 radical (unpaired) electrons. The lowest BCUT2D eigenvalue weighted by molar-refractivity contribution is -0.131. The standard InChI is InChI=1S/C18H19ClFN3O3S/c1-27(25,26)16-9-21-11-22-18(16)12-4-3-7-23(10-12)17(24)8-13-14(19)5-2-6-15(13)20/h2,5-6,9,11-12H,3-4,7-8,10H2,1H3/t12-/m0/s1. The van der Waals surface area contributed by atoms with Crippen molar-refractivity contribution in [1.29, 1.82) is 0 Å². The lowest BCUT2D eigenvalue weighted by atomic mass is 9.94. The second-order valence-corrected chi connectivity index (χ2v) is 8.99. The van der Waals surface area contributed by atoms with Crippen LogP contribution >= 0.6 is 11.6 Å². The third-order valence-electron chi connectivity index (χ3n) is 4.66. The van der Waals surface area contributed by atoms with Crippen molar-refractivity contribution in [2.45, 2.75) is 30.1 Å². The third kappa shape index (κ3) is 4.44. The molecule has 1 amide bonds. The summed E-state index contributed by atoms with van der Waals surface area (Å²) >= 11 is 6.01. The molecular weight excluding hydrogens is 393 g/mol. The molecule has 0 N–H and O–H groups in total. The number of carbonyl (C=O) groups is 1. The van der Waals surface area contributed by atoms with E-state index in [1.807, 2.05) is 0 Å². The number of aromatic nitrogens is 2. The first-order valence-electron chi connectivity index (χ1n) is 8.48. The molecule has 2 aromatic rings. The number of nitrogens with zero attached hydrogens (tertiary/aromatic N) is 3. The lowest BCUT2D eigenvalue weighted by Gasteiger charge is -2.33. The molecule has 1 aromatic heterocycles. The average molecular weight is 412 g/mol. The van der Waals surface area contributed by atoms with Crippen LogP contribution in [0.2, 0.25) is 5.02 Å². The molecule has 3 rings (SSSR count). The van der Waals surface area contributed by atoms with Crippen molar-refractivity contribution < 1.29 is 17.6 Å². The van der Waals surface area contributed by atoms with Crippen LogP contribution in [0.4, 0.5) is 4.39 Å². The van der Waals surface area contributed by atoms with Gasteiger partial charge in [-0.25, -0.2) is 22.8 Å². The van der Waals surface area contributed by atoms with Gasteiger partial charge in [-0.2, -0.15) is 0 Å². The van der Waals surface area contributed by atoms with Crippen LogP contribution in [0.1, 0.15) is 30.0 Å². The molecular formula is C18H19ClFN3O3S. The molecule has 0 bridgehead atoms. The number of benzene rings is 1. The summed E-state index contributed by atoms with van der Waals surface area (Å²) in [6.45, 7) is 0.852. The first-order chi connectivity index (χ1) is 12.8. The molecule has 144 valence electrons. The van der Waals surface area contributed by atoms with Crippen molar-refractivity contribution in [2.75, 3.05) is 19.3 Å². The molecule has 0 spiro atoms. The zero-order chi connectivity index (χ0) is 19.6. The van der Waals surface area contributed by atoms with Crippen molar-refractivity contribution in [2.24, 2.45) is 0 Å². The number of hydrogen-bond acceptors (Lipinski definition) is 5. The predicted molar refractivity (Wildman–Crippen MR) is 98.8 cm³/mol. The molecule has 0 unspecified atom stereocenters. The highest BCUT2D eigenvalue weighted by Crippen LogP contribution is 2.30. The van der Waals surface area contributed by atoms with Gasteiger partial charge in [-0.1, -0.05) is 17.7 Å². The van der Waals surface area contributed by atoms with E-state index in [1.165, 1.54) is 24.7 Å². The quantitative estimate of drug-likeness (QED) is 0.772. The van der Waals surface area contributed by atoms with Gasteiger partial charge < -0.3 is 4.90 Å². The van der Waals surface area contributed by atoms with Crippen LogP contribution in [0.25, 0.3) is 0 Å². The summed E-state index contributed by atoms with van der Waals surface area (Å²) in [4.78, 5) is 22.4. The normalized spacial score (nSPS) is 17.7. The third-order valence-corrected chi connectivity index (χ3v) is 6.13. The van der Waals surface area contributed by atoms with Gasteiger partial charge in [0, 0.05) is 42.0 Å². The Morgan fingerprint density at radius 2 is 2.19 bits per heavy atom. The molecule has 1 aromatic carbocycles. The number of rotatable bonds is 4. The van der Waals surface area contributed by atoms with E-state index in [4.69, 9.17) is 11.6 Å². The molecule has 2 heterocycles. The average Bonchev–Trinajstić information content (AvgIpc) is 2.64. The van der Waals surface area contributed by atoms with Crippen molar-refractivity contribution in [3.8, 4) is 0 Å². The van der Waals surface area contributed by atoms with E-state index >= 15 is 0 Å². The number of piperidine rings is 1. The number of amides is 1. The summed E-state index contributed by atoms with van der Waals surface area (Å²) in [6, 6.07) is 4.31. The second kappa shape index (κ2) is 7.90. The van der Waals surface area contributed by atoms with Crippen LogP contribution in [0, 0.1) is 5.82 Å². The van der Waals surface area contributed by atoms with Gasteiger partial charge in [0.05, 0.1) is 12.1 Å². The van der Waals surface area contributed by atoms with Crippen LogP contribution in [-0.2, 0) is 21.1 Å². The van der Waals surface area contributed by atoms with E-state index in [1.54, 1.807) is 11.0 Å². The number of halogens is 2. The van der Waals surface area contributed by atoms with E-state index in [2.05, 4.69) is 9.97 Å². The zero-order valence-corrected chi connectivity index (χ0v) is 16.3. The Kier molecular flexibility index (Phi) is 5.76. The van der Waals surface area contributed by atoms with Gasteiger partial charge in [0.25, 0.3) is 0 Å². The summed E-state index contributed by atoms with van der Waals surface area (Å²) in [5.41, 5.74) is 0.596. The lowest BCUT2D eigenvalue weighted by Crippen LogP contribution is -2.40. The van der Waals surface area contributed by atoms with Crippen molar-refractivity contribution >= 4 is 27.3 Å². The van der Waals surface area contributed by atoms with Crippen molar-refractivity contribution in [3.05, 3.63) is 52.8 Å². The fraction of sp³-hybridized carbons (Fsp3) is 0.389. The maximum absolute atomic E-state index is 14.0. The van der Waals surface area contributed by atoms with Gasteiger partial charge in [-0.3, -0.25) is 4.79 Å². The minimum atomic E-state index is -3.48. The highest BCUT2D eigenvalue weighted by atomic mass is 35.5. The summed E-state index contributed by atoms with van der Waals surface area (Å²) in [5, 5.41) is 0.215. The minimum Gasteiger partial charge on any atom is -0.342 e. The molecule has 9 heteroatoms. The molecule has 1 atom stereocenters. The largest absolute Gasteiger partial charge is 0.342 e. The first kappa shape index (κ1) is 19.7. The topological polar surface area (TPSA) is 80.2 Å². The SMILES string of the molecule is CS(=O)(=O)c1cncnc1[C@H]1CCCN(C(=O)Cc2c(F)cccc2Cl)C1. The van der Waals surface area contributed by atoms with E-state index in [0.717, 1.165) is 6.26 Å². The zero-order valence-electron chi connectivity index (χ0n) is 14.7. The molecule has 1 saturated heterocycles. The molecule has 1 fully saturated rings. The summed E-state index contributed by atoms with van der Waals surface area (Å²) < 4.78 is 38.0. The highest BCUT2D eigenvalue weighted by molar-refractivity contribution is 7.90. The number of hydrogen-bond donors (Lipinski definition) is 0. The van der Waals surface area contributed by atoms with Crippen molar-refractivity contribution in [1.82, 2.24) is 14.9 Å². The Morgan fingerprint density at radius 1 is 1.41 bits per heavy atom. The predicted octanol–water partition coefficient (Wildman–Crippen LogP) is 2.62. The summed E-state index contributed by atoms with van der Waals surface area (Å²) in [7, 11) is -3.48. The fourth-order valence-corrected chi connectivity index (χ4v) is 4.39.